The zero-order valence-electron chi connectivity index (χ0n) is 19.9. The van der Waals surface area contributed by atoms with Crippen molar-refractivity contribution in [3.05, 3.63) is 90.0 Å². The third-order valence-corrected chi connectivity index (χ3v) is 6.30. The number of amides is 1. The number of anilines is 1. The lowest BCUT2D eigenvalue weighted by molar-refractivity contribution is -0.117. The number of nitrogens with one attached hydrogen (secondary N) is 1. The molecule has 0 atom stereocenters. The van der Waals surface area contributed by atoms with Gasteiger partial charge in [-0.2, -0.15) is 0 Å². The molecular weight excluding hydrogens is 442 g/mol. The van der Waals surface area contributed by atoms with E-state index in [1.165, 1.54) is 0 Å². The Morgan fingerprint density at radius 1 is 0.943 bits per heavy atom. The van der Waals surface area contributed by atoms with E-state index in [1.54, 1.807) is 12.1 Å². The van der Waals surface area contributed by atoms with Crippen LogP contribution >= 0.6 is 0 Å². The number of nitrogens with zero attached hydrogens (tertiary/aromatic N) is 2. The minimum atomic E-state index is -0.907. The number of likely N-dealkylation sites (tertiary alicyclic amines) is 1. The van der Waals surface area contributed by atoms with E-state index in [1.807, 2.05) is 66.7 Å². The summed E-state index contributed by atoms with van der Waals surface area (Å²) in [6.45, 7) is 2.87. The molecule has 1 aliphatic rings. The molecule has 1 fully saturated rings. The number of para-hydroxylation sites is 1. The highest BCUT2D eigenvalue weighted by Gasteiger charge is 2.23. The molecule has 7 heteroatoms. The van der Waals surface area contributed by atoms with Gasteiger partial charge in [0, 0.05) is 31.4 Å². The van der Waals surface area contributed by atoms with Gasteiger partial charge in [-0.25, -0.2) is 4.79 Å². The molecule has 2 N–H and O–H groups in total. The molecule has 4 rings (SSSR count). The van der Waals surface area contributed by atoms with Crippen molar-refractivity contribution in [3.63, 3.8) is 0 Å². The second kappa shape index (κ2) is 11.6. The number of hydrogen-bond acceptors (Lipinski definition) is 5. The molecule has 1 amide bonds. The molecule has 0 radical (unpaired) electrons. The number of hydrogen-bond donors (Lipinski definition) is 2. The number of carboxylic acids is 1. The van der Waals surface area contributed by atoms with E-state index in [0.717, 1.165) is 55.2 Å². The van der Waals surface area contributed by atoms with Crippen LogP contribution in [0.1, 0.15) is 28.8 Å². The Hall–Kier alpha value is -3.68. The molecule has 35 heavy (non-hydrogen) atoms. The molecule has 0 aromatic heterocycles. The van der Waals surface area contributed by atoms with Crippen LogP contribution in [0.25, 0.3) is 0 Å². The normalized spacial score (nSPS) is 14.6. The maximum absolute atomic E-state index is 12.6. The minimum absolute atomic E-state index is 0.0212. The minimum Gasteiger partial charge on any atom is -0.478 e. The van der Waals surface area contributed by atoms with Gasteiger partial charge in [-0.1, -0.05) is 30.3 Å². The molecule has 1 aliphatic heterocycles. The smallest absolute Gasteiger partial charge is 0.335 e. The van der Waals surface area contributed by atoms with Crippen molar-refractivity contribution in [2.75, 3.05) is 32.0 Å². The maximum Gasteiger partial charge on any atom is 0.335 e. The van der Waals surface area contributed by atoms with Crippen LogP contribution in [-0.2, 0) is 11.3 Å². The van der Waals surface area contributed by atoms with E-state index >= 15 is 0 Å². The molecule has 7 nitrogen and oxygen atoms in total. The first kappa shape index (κ1) is 24.4. The number of rotatable bonds is 9. The van der Waals surface area contributed by atoms with E-state index in [0.29, 0.717) is 18.2 Å². The second-order valence-electron chi connectivity index (χ2n) is 8.91. The molecule has 1 saturated heterocycles. The number of aromatic carboxylic acids is 1. The van der Waals surface area contributed by atoms with E-state index in [-0.39, 0.29) is 5.91 Å². The molecular formula is C28H31N3O4. The SMILES string of the molecule is CN(Cc1ccc(C(=O)O)cc1)C1CCN(CC(=O)Nc2ccc(Oc3ccccc3)cc2)CC1. The molecule has 0 aliphatic carbocycles. The Labute approximate surface area is 205 Å². The first-order chi connectivity index (χ1) is 17.0. The Balaban J connectivity index is 1.19. The average Bonchev–Trinajstić information content (AvgIpc) is 2.86. The summed E-state index contributed by atoms with van der Waals surface area (Å²) >= 11 is 0. The molecule has 0 unspecified atom stereocenters. The van der Waals surface area contributed by atoms with Gasteiger partial charge in [0.25, 0.3) is 0 Å². The zero-order valence-corrected chi connectivity index (χ0v) is 19.9. The van der Waals surface area contributed by atoms with Crippen LogP contribution < -0.4 is 10.1 Å². The van der Waals surface area contributed by atoms with Gasteiger partial charge in [0.1, 0.15) is 11.5 Å². The summed E-state index contributed by atoms with van der Waals surface area (Å²) in [5, 5.41) is 12.0. The van der Waals surface area contributed by atoms with Gasteiger partial charge in [0.2, 0.25) is 5.91 Å². The molecule has 0 saturated carbocycles. The highest BCUT2D eigenvalue weighted by Crippen LogP contribution is 2.23. The van der Waals surface area contributed by atoms with Crippen molar-refractivity contribution >= 4 is 17.6 Å². The molecule has 3 aromatic carbocycles. The number of carbonyl (C=O) groups excluding carboxylic acids is 1. The van der Waals surface area contributed by atoms with Crippen LogP contribution in [0.4, 0.5) is 5.69 Å². The predicted molar refractivity (Wildman–Crippen MR) is 136 cm³/mol. The summed E-state index contributed by atoms with van der Waals surface area (Å²) in [5.41, 5.74) is 2.15. The Bertz CT molecular complexity index is 1110. The summed E-state index contributed by atoms with van der Waals surface area (Å²) < 4.78 is 5.79. The maximum atomic E-state index is 12.6. The Kier molecular flexibility index (Phi) is 8.13. The van der Waals surface area contributed by atoms with Gasteiger partial charge in [-0.05, 0) is 74.0 Å². The van der Waals surface area contributed by atoms with Crippen LogP contribution in [0, 0.1) is 0 Å². The lowest BCUT2D eigenvalue weighted by Crippen LogP contribution is -2.45. The monoisotopic (exact) mass is 473 g/mol. The molecule has 182 valence electrons. The van der Waals surface area contributed by atoms with Gasteiger partial charge in [-0.15, -0.1) is 0 Å². The van der Waals surface area contributed by atoms with Gasteiger partial charge in [0.15, 0.2) is 0 Å². The Morgan fingerprint density at radius 2 is 1.57 bits per heavy atom. The molecule has 0 spiro atoms. The van der Waals surface area contributed by atoms with Crippen LogP contribution in [0.5, 0.6) is 11.5 Å². The Morgan fingerprint density at radius 3 is 2.20 bits per heavy atom. The number of benzene rings is 3. The quantitative estimate of drug-likeness (QED) is 0.468. The van der Waals surface area contributed by atoms with Crippen molar-refractivity contribution in [2.45, 2.75) is 25.4 Å². The van der Waals surface area contributed by atoms with Gasteiger partial charge in [0.05, 0.1) is 12.1 Å². The molecule has 3 aromatic rings. The van der Waals surface area contributed by atoms with Gasteiger partial charge < -0.3 is 15.2 Å². The van der Waals surface area contributed by atoms with Crippen molar-refractivity contribution in [2.24, 2.45) is 0 Å². The summed E-state index contributed by atoms with van der Waals surface area (Å²) in [7, 11) is 2.10. The largest absolute Gasteiger partial charge is 0.478 e. The standard InChI is InChI=1S/C28H31N3O4/c1-30(19-21-7-9-22(10-8-21)28(33)34)24-15-17-31(18-16-24)20-27(32)29-23-11-13-26(14-12-23)35-25-5-3-2-4-6-25/h2-14,24H,15-20H2,1H3,(H,29,32)(H,33,34). The fourth-order valence-electron chi connectivity index (χ4n) is 4.32. The molecule has 1 heterocycles. The highest BCUT2D eigenvalue weighted by molar-refractivity contribution is 5.92. The number of piperidine rings is 1. The van der Waals surface area contributed by atoms with Crippen LogP contribution in [-0.4, -0.2) is 59.5 Å². The average molecular weight is 474 g/mol. The van der Waals surface area contributed by atoms with Crippen molar-refractivity contribution in [1.82, 2.24) is 9.80 Å². The second-order valence-corrected chi connectivity index (χ2v) is 8.91. The van der Waals surface area contributed by atoms with Crippen LogP contribution in [0.15, 0.2) is 78.9 Å². The number of carbonyl (C=O) groups is 2. The van der Waals surface area contributed by atoms with Crippen molar-refractivity contribution in [3.8, 4) is 11.5 Å². The van der Waals surface area contributed by atoms with Gasteiger partial charge >= 0.3 is 5.97 Å². The summed E-state index contributed by atoms with van der Waals surface area (Å²) in [5.74, 6) is 0.565. The first-order valence-corrected chi connectivity index (χ1v) is 11.8. The lowest BCUT2D eigenvalue weighted by atomic mass is 10.0. The predicted octanol–water partition coefficient (Wildman–Crippen LogP) is 4.71. The topological polar surface area (TPSA) is 82.1 Å². The molecule has 0 bridgehead atoms. The highest BCUT2D eigenvalue weighted by atomic mass is 16.5. The first-order valence-electron chi connectivity index (χ1n) is 11.8. The third kappa shape index (κ3) is 7.15. The van der Waals surface area contributed by atoms with Crippen molar-refractivity contribution < 1.29 is 19.4 Å². The van der Waals surface area contributed by atoms with Crippen LogP contribution in [0.2, 0.25) is 0 Å². The fourth-order valence-corrected chi connectivity index (χ4v) is 4.32. The van der Waals surface area contributed by atoms with E-state index in [9.17, 15) is 9.59 Å². The fraction of sp³-hybridized carbons (Fsp3) is 0.286. The van der Waals surface area contributed by atoms with E-state index < -0.39 is 5.97 Å². The summed E-state index contributed by atoms with van der Waals surface area (Å²) in [6, 6.07) is 24.5. The summed E-state index contributed by atoms with van der Waals surface area (Å²) in [6.07, 6.45) is 1.98. The number of ether oxygens (including phenoxy) is 1. The zero-order chi connectivity index (χ0) is 24.6. The van der Waals surface area contributed by atoms with Gasteiger partial charge in [-0.3, -0.25) is 14.6 Å². The lowest BCUT2D eigenvalue weighted by Gasteiger charge is -2.36. The van der Waals surface area contributed by atoms with E-state index in [2.05, 4.69) is 22.2 Å². The van der Waals surface area contributed by atoms with Crippen molar-refractivity contribution in [1.29, 1.82) is 0 Å². The number of carboxylic acid groups (broad SMARTS) is 1. The van der Waals surface area contributed by atoms with Crippen LogP contribution in [0.3, 0.4) is 0 Å². The van der Waals surface area contributed by atoms with E-state index in [4.69, 9.17) is 9.84 Å². The third-order valence-electron chi connectivity index (χ3n) is 6.30. The summed E-state index contributed by atoms with van der Waals surface area (Å²) in [4.78, 5) is 28.1.